The molecule has 2 aromatic rings. The number of sulfonamides is 1. The third kappa shape index (κ3) is 8.03. The maximum absolute atomic E-state index is 12.2. The molecular weight excluding hydrogens is 420 g/mol. The van der Waals surface area contributed by atoms with Crippen molar-refractivity contribution in [1.82, 2.24) is 10.0 Å². The first-order chi connectivity index (χ1) is 14.7. The second-order valence-corrected chi connectivity index (χ2v) is 8.76. The van der Waals surface area contributed by atoms with Crippen LogP contribution in [0.4, 0.5) is 0 Å². The maximum Gasteiger partial charge on any atom is 0.338 e. The van der Waals surface area contributed by atoms with Crippen molar-refractivity contribution in [2.75, 3.05) is 19.8 Å². The number of ether oxygens (including phenoxy) is 2. The van der Waals surface area contributed by atoms with E-state index in [0.717, 1.165) is 5.56 Å². The fourth-order valence-corrected chi connectivity index (χ4v) is 3.84. The summed E-state index contributed by atoms with van der Waals surface area (Å²) in [4.78, 5) is 24.0. The molecule has 2 aromatic carbocycles. The van der Waals surface area contributed by atoms with E-state index in [4.69, 9.17) is 9.47 Å². The Morgan fingerprint density at radius 2 is 1.81 bits per heavy atom. The van der Waals surface area contributed by atoms with Crippen molar-refractivity contribution in [3.05, 3.63) is 59.7 Å². The van der Waals surface area contributed by atoms with Crippen LogP contribution >= 0.6 is 0 Å². The number of nitrogens with one attached hydrogen (secondary N) is 2. The van der Waals surface area contributed by atoms with E-state index in [9.17, 15) is 18.0 Å². The number of aryl methyl sites for hydroxylation is 1. The highest BCUT2D eigenvalue weighted by atomic mass is 32.2. The number of carbonyl (C=O) groups is 2. The van der Waals surface area contributed by atoms with E-state index in [1.165, 1.54) is 24.3 Å². The molecule has 1 unspecified atom stereocenters. The molecule has 1 atom stereocenters. The summed E-state index contributed by atoms with van der Waals surface area (Å²) in [6.07, 6.45) is 0.657. The topological polar surface area (TPSA) is 111 Å². The number of hydrogen-bond acceptors (Lipinski definition) is 6. The van der Waals surface area contributed by atoms with E-state index in [1.54, 1.807) is 6.92 Å². The van der Waals surface area contributed by atoms with Crippen molar-refractivity contribution in [3.8, 4) is 5.75 Å². The van der Waals surface area contributed by atoms with Gasteiger partial charge in [0.25, 0.3) is 5.91 Å². The lowest BCUT2D eigenvalue weighted by atomic mass is 10.2. The van der Waals surface area contributed by atoms with Crippen molar-refractivity contribution < 1.29 is 27.5 Å². The van der Waals surface area contributed by atoms with Crippen LogP contribution < -0.4 is 14.8 Å². The molecule has 8 nitrogen and oxygen atoms in total. The van der Waals surface area contributed by atoms with Crippen LogP contribution in [0.2, 0.25) is 0 Å². The van der Waals surface area contributed by atoms with Crippen LogP contribution in [0.1, 0.15) is 36.2 Å². The molecular formula is C22H28N2O6S. The SMILES string of the molecule is CCC(C)NS(=O)(=O)c1ccc(C(=O)OCC(=O)NCCOc2cccc(C)c2)cc1. The third-order valence-electron chi connectivity index (χ3n) is 4.39. The molecule has 0 saturated carbocycles. The van der Waals surface area contributed by atoms with Gasteiger partial charge in [0.1, 0.15) is 12.4 Å². The van der Waals surface area contributed by atoms with Crippen molar-refractivity contribution in [2.45, 2.75) is 38.1 Å². The molecule has 1 amide bonds. The lowest BCUT2D eigenvalue weighted by Gasteiger charge is -2.12. The zero-order valence-corrected chi connectivity index (χ0v) is 18.7. The summed E-state index contributed by atoms with van der Waals surface area (Å²) in [5.74, 6) is -0.464. The monoisotopic (exact) mass is 448 g/mol. The van der Waals surface area contributed by atoms with E-state index >= 15 is 0 Å². The average molecular weight is 449 g/mol. The van der Waals surface area contributed by atoms with E-state index in [1.807, 2.05) is 38.1 Å². The Bertz CT molecular complexity index is 989. The van der Waals surface area contributed by atoms with Crippen LogP contribution in [0.5, 0.6) is 5.75 Å². The summed E-state index contributed by atoms with van der Waals surface area (Å²) in [6, 6.07) is 12.7. The zero-order valence-electron chi connectivity index (χ0n) is 17.9. The van der Waals surface area contributed by atoms with Crippen molar-refractivity contribution >= 4 is 21.9 Å². The second-order valence-electron chi connectivity index (χ2n) is 7.05. The largest absolute Gasteiger partial charge is 0.492 e. The Balaban J connectivity index is 1.75. The number of amides is 1. The number of hydrogen-bond donors (Lipinski definition) is 2. The number of carbonyl (C=O) groups excluding carboxylic acids is 2. The third-order valence-corrected chi connectivity index (χ3v) is 5.99. The standard InChI is InChI=1S/C22H28N2O6S/c1-4-17(3)24-31(27,28)20-10-8-18(9-11-20)22(26)30-15-21(25)23-12-13-29-19-7-5-6-16(2)14-19/h5-11,14,17,24H,4,12-13,15H2,1-3H3,(H,23,25). The molecule has 31 heavy (non-hydrogen) atoms. The fraction of sp³-hybridized carbons (Fsp3) is 0.364. The van der Waals surface area contributed by atoms with Gasteiger partial charge in [-0.1, -0.05) is 19.1 Å². The summed E-state index contributed by atoms with van der Waals surface area (Å²) in [7, 11) is -3.65. The minimum Gasteiger partial charge on any atom is -0.492 e. The van der Waals surface area contributed by atoms with Crippen LogP contribution in [-0.2, 0) is 19.6 Å². The summed E-state index contributed by atoms with van der Waals surface area (Å²) >= 11 is 0. The van der Waals surface area contributed by atoms with Gasteiger partial charge in [0.05, 0.1) is 17.0 Å². The lowest BCUT2D eigenvalue weighted by molar-refractivity contribution is -0.124. The van der Waals surface area contributed by atoms with Gasteiger partial charge in [-0.25, -0.2) is 17.9 Å². The molecule has 0 aliphatic carbocycles. The van der Waals surface area contributed by atoms with Gasteiger partial charge in [-0.3, -0.25) is 4.79 Å². The summed E-state index contributed by atoms with van der Waals surface area (Å²) < 4.78 is 37.5. The van der Waals surface area contributed by atoms with E-state index < -0.39 is 28.5 Å². The molecule has 9 heteroatoms. The number of esters is 1. The second kappa shape index (κ2) is 11.5. The minimum absolute atomic E-state index is 0.0516. The van der Waals surface area contributed by atoms with E-state index in [2.05, 4.69) is 10.0 Å². The predicted molar refractivity (Wildman–Crippen MR) is 116 cm³/mol. The molecule has 0 aliphatic heterocycles. The first-order valence-electron chi connectivity index (χ1n) is 9.97. The van der Waals surface area contributed by atoms with Gasteiger partial charge < -0.3 is 14.8 Å². The average Bonchev–Trinajstić information content (AvgIpc) is 2.75. The van der Waals surface area contributed by atoms with Gasteiger partial charge in [-0.05, 0) is 62.2 Å². The molecule has 0 radical (unpaired) electrons. The van der Waals surface area contributed by atoms with Gasteiger partial charge in [0.2, 0.25) is 10.0 Å². The molecule has 2 rings (SSSR count). The molecule has 2 N–H and O–H groups in total. The van der Waals surface area contributed by atoms with Gasteiger partial charge in [0, 0.05) is 6.04 Å². The highest BCUT2D eigenvalue weighted by molar-refractivity contribution is 7.89. The zero-order chi connectivity index (χ0) is 22.9. The smallest absolute Gasteiger partial charge is 0.338 e. The van der Waals surface area contributed by atoms with Gasteiger partial charge in [-0.2, -0.15) is 0 Å². The van der Waals surface area contributed by atoms with E-state index in [-0.39, 0.29) is 29.7 Å². The fourth-order valence-electron chi connectivity index (χ4n) is 2.52. The highest BCUT2D eigenvalue weighted by Crippen LogP contribution is 2.13. The quantitative estimate of drug-likeness (QED) is 0.403. The molecule has 0 spiro atoms. The van der Waals surface area contributed by atoms with E-state index in [0.29, 0.717) is 12.2 Å². The first kappa shape index (κ1) is 24.4. The molecule has 0 aromatic heterocycles. The van der Waals surface area contributed by atoms with Crippen LogP contribution in [0.3, 0.4) is 0 Å². The first-order valence-corrected chi connectivity index (χ1v) is 11.4. The predicted octanol–water partition coefficient (Wildman–Crippen LogP) is 2.42. The number of rotatable bonds is 11. The number of benzene rings is 2. The van der Waals surface area contributed by atoms with Crippen LogP contribution in [-0.4, -0.2) is 46.1 Å². The van der Waals surface area contributed by atoms with Crippen molar-refractivity contribution in [1.29, 1.82) is 0 Å². The Morgan fingerprint density at radius 3 is 2.45 bits per heavy atom. The Hall–Kier alpha value is -2.91. The minimum atomic E-state index is -3.65. The molecule has 0 fully saturated rings. The maximum atomic E-state index is 12.2. The Morgan fingerprint density at radius 1 is 1.10 bits per heavy atom. The van der Waals surface area contributed by atoms with Crippen molar-refractivity contribution in [3.63, 3.8) is 0 Å². The normalized spacial score (nSPS) is 12.1. The van der Waals surface area contributed by atoms with Crippen LogP contribution in [0, 0.1) is 6.92 Å². The van der Waals surface area contributed by atoms with Gasteiger partial charge in [0.15, 0.2) is 6.61 Å². The molecule has 0 saturated heterocycles. The summed E-state index contributed by atoms with van der Waals surface area (Å²) in [5, 5.41) is 2.60. The Labute approximate surface area is 183 Å². The highest BCUT2D eigenvalue weighted by Gasteiger charge is 2.17. The lowest BCUT2D eigenvalue weighted by Crippen LogP contribution is -2.32. The summed E-state index contributed by atoms with van der Waals surface area (Å²) in [5.41, 5.74) is 1.23. The Kier molecular flexibility index (Phi) is 9.02. The van der Waals surface area contributed by atoms with Gasteiger partial charge in [-0.15, -0.1) is 0 Å². The molecule has 0 heterocycles. The van der Waals surface area contributed by atoms with Crippen LogP contribution in [0.15, 0.2) is 53.4 Å². The molecule has 0 aliphatic rings. The summed E-state index contributed by atoms with van der Waals surface area (Å²) in [6.45, 7) is 5.70. The van der Waals surface area contributed by atoms with Crippen LogP contribution in [0.25, 0.3) is 0 Å². The van der Waals surface area contributed by atoms with Gasteiger partial charge >= 0.3 is 5.97 Å². The molecule has 0 bridgehead atoms. The molecule has 168 valence electrons. The van der Waals surface area contributed by atoms with Crippen molar-refractivity contribution in [2.24, 2.45) is 0 Å².